The van der Waals surface area contributed by atoms with Crippen LogP contribution in [-0.4, -0.2) is 69.9 Å². The van der Waals surface area contributed by atoms with Gasteiger partial charge in [0.05, 0.1) is 19.8 Å². The minimum absolute atomic E-state index is 0.0485. The molecule has 1 saturated heterocycles. The lowest BCUT2D eigenvalue weighted by Gasteiger charge is -2.27. The maximum absolute atomic E-state index is 11.3. The third-order valence-electron chi connectivity index (χ3n) is 2.35. The van der Waals surface area contributed by atoms with Crippen LogP contribution in [0.2, 0.25) is 0 Å². The zero-order valence-corrected chi connectivity index (χ0v) is 10.1. The Morgan fingerprint density at radius 2 is 2.24 bits per heavy atom. The van der Waals surface area contributed by atoms with Crippen LogP contribution in [0.1, 0.15) is 0 Å². The predicted molar refractivity (Wildman–Crippen MR) is 63.8 cm³/mol. The molecule has 0 saturated carbocycles. The van der Waals surface area contributed by atoms with Crippen molar-refractivity contribution in [1.29, 1.82) is 0 Å². The van der Waals surface area contributed by atoms with Gasteiger partial charge in [-0.1, -0.05) is 0 Å². The highest BCUT2D eigenvalue weighted by atomic mass is 16.5. The Balaban J connectivity index is 2.23. The fourth-order valence-electron chi connectivity index (χ4n) is 1.39. The van der Waals surface area contributed by atoms with E-state index in [4.69, 9.17) is 15.2 Å². The van der Waals surface area contributed by atoms with E-state index >= 15 is 0 Å². The molecule has 0 spiro atoms. The molecule has 0 aromatic heterocycles. The Labute approximate surface area is 101 Å². The van der Waals surface area contributed by atoms with Gasteiger partial charge in [-0.15, -0.1) is 0 Å². The van der Waals surface area contributed by atoms with Gasteiger partial charge in [-0.05, 0) is 0 Å². The van der Waals surface area contributed by atoms with Crippen LogP contribution in [-0.2, 0) is 14.3 Å². The normalized spacial score (nSPS) is 17.0. The Bertz CT molecular complexity index is 264. The van der Waals surface area contributed by atoms with Crippen LogP contribution in [0.5, 0.6) is 0 Å². The summed E-state index contributed by atoms with van der Waals surface area (Å²) in [6.45, 7) is 3.78. The Morgan fingerprint density at radius 3 is 2.88 bits per heavy atom. The Hall–Kier alpha value is -1.34. The van der Waals surface area contributed by atoms with E-state index in [0.29, 0.717) is 32.3 Å². The minimum atomic E-state index is -0.154. The van der Waals surface area contributed by atoms with Crippen molar-refractivity contribution < 1.29 is 14.3 Å². The third kappa shape index (κ3) is 5.50. The number of amides is 1. The van der Waals surface area contributed by atoms with Crippen molar-refractivity contribution >= 4 is 11.9 Å². The number of methoxy groups -OCH3 is 1. The summed E-state index contributed by atoms with van der Waals surface area (Å²) in [4.78, 5) is 17.3. The summed E-state index contributed by atoms with van der Waals surface area (Å²) in [6, 6.07) is 0. The van der Waals surface area contributed by atoms with Gasteiger partial charge in [0.25, 0.3) is 0 Å². The molecule has 0 bridgehead atoms. The molecule has 1 fully saturated rings. The first-order valence-corrected chi connectivity index (χ1v) is 5.62. The highest BCUT2D eigenvalue weighted by Crippen LogP contribution is 1.95. The van der Waals surface area contributed by atoms with Crippen LogP contribution in [0.25, 0.3) is 0 Å². The van der Waals surface area contributed by atoms with Crippen LogP contribution in [0.4, 0.5) is 0 Å². The molecule has 0 aromatic carbocycles. The van der Waals surface area contributed by atoms with Crippen molar-refractivity contribution in [2.45, 2.75) is 0 Å². The first kappa shape index (κ1) is 13.7. The molecular weight excluding hydrogens is 224 g/mol. The van der Waals surface area contributed by atoms with Gasteiger partial charge in [0, 0.05) is 26.7 Å². The lowest BCUT2D eigenvalue weighted by atomic mass is 10.4. The molecule has 3 N–H and O–H groups in total. The summed E-state index contributed by atoms with van der Waals surface area (Å²) in [5, 5.41) is 2.67. The van der Waals surface area contributed by atoms with Crippen molar-refractivity contribution in [3.63, 3.8) is 0 Å². The van der Waals surface area contributed by atoms with Crippen LogP contribution in [0.3, 0.4) is 0 Å². The Kier molecular flexibility index (Phi) is 6.34. The number of carbonyl (C=O) groups is 1. The number of ether oxygens (including phenoxy) is 2. The summed E-state index contributed by atoms with van der Waals surface area (Å²) in [5.41, 5.74) is 5.77. The average molecular weight is 244 g/mol. The Morgan fingerprint density at radius 1 is 1.53 bits per heavy atom. The van der Waals surface area contributed by atoms with E-state index in [0.717, 1.165) is 13.1 Å². The molecule has 7 nitrogen and oxygen atoms in total. The molecule has 1 aliphatic heterocycles. The highest BCUT2D eigenvalue weighted by Gasteiger charge is 2.12. The number of nitrogens with one attached hydrogen (secondary N) is 1. The number of morpholine rings is 1. The van der Waals surface area contributed by atoms with E-state index in [1.54, 1.807) is 7.11 Å². The van der Waals surface area contributed by atoms with E-state index in [1.807, 2.05) is 4.90 Å². The molecule has 1 aliphatic rings. The van der Waals surface area contributed by atoms with Gasteiger partial charge < -0.3 is 25.4 Å². The molecule has 7 heteroatoms. The third-order valence-corrected chi connectivity index (χ3v) is 2.35. The zero-order valence-electron chi connectivity index (χ0n) is 10.1. The molecule has 98 valence electrons. The molecule has 1 heterocycles. The molecular formula is C10H20N4O3. The molecule has 0 atom stereocenters. The van der Waals surface area contributed by atoms with Gasteiger partial charge in [0.1, 0.15) is 6.54 Å². The SMILES string of the molecule is COCCNC(=O)CN=C(N)N1CCOCC1. The number of aliphatic imine (C=N–C) groups is 1. The largest absolute Gasteiger partial charge is 0.383 e. The van der Waals surface area contributed by atoms with Gasteiger partial charge in [-0.3, -0.25) is 4.79 Å². The number of guanidine groups is 1. The molecule has 0 aliphatic carbocycles. The summed E-state index contributed by atoms with van der Waals surface area (Å²) < 4.78 is 10.0. The topological polar surface area (TPSA) is 89.2 Å². The van der Waals surface area contributed by atoms with Crippen LogP contribution >= 0.6 is 0 Å². The number of nitrogens with zero attached hydrogens (tertiary/aromatic N) is 2. The molecule has 0 aromatic rings. The van der Waals surface area contributed by atoms with Crippen molar-refractivity contribution in [2.75, 3.05) is 53.1 Å². The van der Waals surface area contributed by atoms with Crippen molar-refractivity contribution in [3.05, 3.63) is 0 Å². The number of nitrogens with two attached hydrogens (primary N) is 1. The number of hydrogen-bond donors (Lipinski definition) is 2. The zero-order chi connectivity index (χ0) is 12.5. The summed E-state index contributed by atoms with van der Waals surface area (Å²) in [6.07, 6.45) is 0. The molecule has 17 heavy (non-hydrogen) atoms. The fraction of sp³-hybridized carbons (Fsp3) is 0.800. The molecule has 1 rings (SSSR count). The maximum atomic E-state index is 11.3. The minimum Gasteiger partial charge on any atom is -0.383 e. The summed E-state index contributed by atoms with van der Waals surface area (Å²) >= 11 is 0. The number of hydrogen-bond acceptors (Lipinski definition) is 4. The average Bonchev–Trinajstić information content (AvgIpc) is 2.37. The van der Waals surface area contributed by atoms with Crippen molar-refractivity contribution in [2.24, 2.45) is 10.7 Å². The van der Waals surface area contributed by atoms with Crippen LogP contribution in [0, 0.1) is 0 Å². The number of rotatable bonds is 5. The predicted octanol–water partition coefficient (Wildman–Crippen LogP) is -1.60. The molecule has 1 amide bonds. The van der Waals surface area contributed by atoms with Crippen molar-refractivity contribution in [3.8, 4) is 0 Å². The van der Waals surface area contributed by atoms with Gasteiger partial charge >= 0.3 is 0 Å². The van der Waals surface area contributed by atoms with E-state index in [-0.39, 0.29) is 12.5 Å². The maximum Gasteiger partial charge on any atom is 0.241 e. The summed E-state index contributed by atoms with van der Waals surface area (Å²) in [7, 11) is 1.58. The lowest BCUT2D eigenvalue weighted by molar-refractivity contribution is -0.119. The van der Waals surface area contributed by atoms with Crippen molar-refractivity contribution in [1.82, 2.24) is 10.2 Å². The molecule has 0 radical (unpaired) electrons. The van der Waals surface area contributed by atoms with Crippen LogP contribution in [0.15, 0.2) is 4.99 Å². The smallest absolute Gasteiger partial charge is 0.241 e. The highest BCUT2D eigenvalue weighted by molar-refractivity contribution is 5.84. The van der Waals surface area contributed by atoms with Gasteiger partial charge in [0.2, 0.25) is 5.91 Å². The monoisotopic (exact) mass is 244 g/mol. The van der Waals surface area contributed by atoms with E-state index in [2.05, 4.69) is 10.3 Å². The van der Waals surface area contributed by atoms with E-state index in [9.17, 15) is 4.79 Å². The van der Waals surface area contributed by atoms with E-state index < -0.39 is 0 Å². The van der Waals surface area contributed by atoms with Gasteiger partial charge in [-0.2, -0.15) is 0 Å². The van der Waals surface area contributed by atoms with Gasteiger partial charge in [-0.25, -0.2) is 4.99 Å². The van der Waals surface area contributed by atoms with Gasteiger partial charge in [0.15, 0.2) is 5.96 Å². The lowest BCUT2D eigenvalue weighted by Crippen LogP contribution is -2.45. The van der Waals surface area contributed by atoms with Crippen LogP contribution < -0.4 is 11.1 Å². The quantitative estimate of drug-likeness (QED) is 0.345. The standard InChI is InChI=1S/C10H20N4O3/c1-16-5-2-12-9(15)8-13-10(11)14-3-6-17-7-4-14/h2-8H2,1H3,(H2,11,13)(H,12,15). The summed E-state index contributed by atoms with van der Waals surface area (Å²) in [5.74, 6) is 0.244. The fourth-order valence-corrected chi connectivity index (χ4v) is 1.39. The second-order valence-electron chi connectivity index (χ2n) is 3.62. The molecule has 0 unspecified atom stereocenters. The second kappa shape index (κ2) is 7.86. The first-order valence-electron chi connectivity index (χ1n) is 5.62. The first-order chi connectivity index (χ1) is 8.24. The second-order valence-corrected chi connectivity index (χ2v) is 3.62. The van der Waals surface area contributed by atoms with E-state index in [1.165, 1.54) is 0 Å². The number of carbonyl (C=O) groups excluding carboxylic acids is 1.